The third kappa shape index (κ3) is 6.87. The molecule has 1 aromatic carbocycles. The van der Waals surface area contributed by atoms with Gasteiger partial charge in [-0.2, -0.15) is 0 Å². The van der Waals surface area contributed by atoms with E-state index in [1.807, 2.05) is 23.5 Å². The van der Waals surface area contributed by atoms with E-state index >= 15 is 0 Å². The predicted molar refractivity (Wildman–Crippen MR) is 110 cm³/mol. The van der Waals surface area contributed by atoms with Crippen LogP contribution in [0.15, 0.2) is 29.2 Å². The van der Waals surface area contributed by atoms with E-state index in [1.165, 1.54) is 36.1 Å². The molecular weight excluding hydrogens is 350 g/mol. The van der Waals surface area contributed by atoms with Crippen LogP contribution in [0.4, 0.5) is 0 Å². The third-order valence-corrected chi connectivity index (χ3v) is 7.60. The molecule has 0 saturated heterocycles. The maximum absolute atomic E-state index is 12.0. The van der Waals surface area contributed by atoms with Crippen LogP contribution in [0.3, 0.4) is 0 Å². The van der Waals surface area contributed by atoms with Gasteiger partial charge in [0.15, 0.2) is 0 Å². The Hall–Kier alpha value is -0.650. The summed E-state index contributed by atoms with van der Waals surface area (Å²) < 4.78 is 4.98. The summed E-state index contributed by atoms with van der Waals surface area (Å²) in [5, 5.41) is 4.08. The average Bonchev–Trinajstić information content (AvgIpc) is 2.61. The van der Waals surface area contributed by atoms with E-state index in [2.05, 4.69) is 43.4 Å². The van der Waals surface area contributed by atoms with E-state index in [0.717, 1.165) is 0 Å². The molecule has 1 amide bonds. The molecule has 0 radical (unpaired) electrons. The summed E-state index contributed by atoms with van der Waals surface area (Å²) in [5.74, 6) is 1.22. The summed E-state index contributed by atoms with van der Waals surface area (Å²) in [5.41, 5.74) is 1.44. The molecule has 25 heavy (non-hydrogen) atoms. The van der Waals surface area contributed by atoms with Gasteiger partial charge in [-0.25, -0.2) is 0 Å². The summed E-state index contributed by atoms with van der Waals surface area (Å²) >= 11 is 3.86. The minimum atomic E-state index is 0.124. The average molecular weight is 382 g/mol. The van der Waals surface area contributed by atoms with Gasteiger partial charge in [0.2, 0.25) is 5.91 Å². The molecule has 0 heterocycles. The highest BCUT2D eigenvalue weighted by atomic mass is 32.2. The molecule has 5 heteroatoms. The Kier molecular flexibility index (Phi) is 9.21. The van der Waals surface area contributed by atoms with Gasteiger partial charge in [-0.3, -0.25) is 4.79 Å². The van der Waals surface area contributed by atoms with Gasteiger partial charge in [0.05, 0.1) is 12.4 Å². The first-order chi connectivity index (χ1) is 12.1. The molecule has 1 fully saturated rings. The van der Waals surface area contributed by atoms with Gasteiger partial charge in [-0.05, 0) is 30.4 Å². The first-order valence-corrected chi connectivity index (χ1v) is 11.2. The molecule has 1 saturated carbocycles. The highest BCUT2D eigenvalue weighted by molar-refractivity contribution is 8.04. The fourth-order valence-corrected chi connectivity index (χ4v) is 6.19. The molecule has 1 aromatic rings. The molecule has 0 bridgehead atoms. The molecule has 1 aliphatic carbocycles. The minimum absolute atomic E-state index is 0.124. The summed E-state index contributed by atoms with van der Waals surface area (Å²) in [6.07, 6.45) is 5.06. The molecule has 0 spiro atoms. The van der Waals surface area contributed by atoms with Gasteiger partial charge < -0.3 is 10.1 Å². The Morgan fingerprint density at radius 1 is 1.24 bits per heavy atom. The van der Waals surface area contributed by atoms with Crippen molar-refractivity contribution in [3.05, 3.63) is 29.8 Å². The second kappa shape index (κ2) is 11.1. The largest absolute Gasteiger partial charge is 0.383 e. The van der Waals surface area contributed by atoms with E-state index in [9.17, 15) is 4.79 Å². The Morgan fingerprint density at radius 3 is 2.68 bits per heavy atom. The highest BCUT2D eigenvalue weighted by Gasteiger charge is 2.27. The number of carbonyl (C=O) groups is 1. The maximum Gasteiger partial charge on any atom is 0.230 e. The summed E-state index contributed by atoms with van der Waals surface area (Å²) in [4.78, 5) is 13.4. The van der Waals surface area contributed by atoms with Gasteiger partial charge in [0.1, 0.15) is 0 Å². The van der Waals surface area contributed by atoms with Crippen LogP contribution in [-0.2, 0) is 9.53 Å². The smallest absolute Gasteiger partial charge is 0.230 e. The summed E-state index contributed by atoms with van der Waals surface area (Å²) in [6.45, 7) is 5.69. The lowest BCUT2D eigenvalue weighted by atomic mass is 10.00. The number of thioether (sulfide) groups is 2. The molecule has 0 unspecified atom stereocenters. The second-order valence-corrected chi connectivity index (χ2v) is 9.33. The normalized spacial score (nSPS) is 20.6. The Balaban J connectivity index is 1.91. The standard InChI is InChI=1S/C20H31NO2S2/c1-15(2)16-8-4-5-9-17(16)25-19-11-7-6-10-18(19)24-14-20(22)21-12-13-23-3/h4-5,8-9,15,18-19H,6-7,10-14H2,1-3H3,(H,21,22)/t18-,19-/m1/s1. The van der Waals surface area contributed by atoms with Gasteiger partial charge in [-0.1, -0.05) is 44.9 Å². The predicted octanol–water partition coefficient (Wildman–Crippen LogP) is 4.71. The van der Waals surface area contributed by atoms with Crippen molar-refractivity contribution in [2.75, 3.05) is 26.0 Å². The second-order valence-electron chi connectivity index (χ2n) is 6.83. The quantitative estimate of drug-likeness (QED) is 0.629. The van der Waals surface area contributed by atoms with Crippen molar-refractivity contribution >= 4 is 29.4 Å². The molecule has 0 aromatic heterocycles. The van der Waals surface area contributed by atoms with E-state index < -0.39 is 0 Å². The zero-order chi connectivity index (χ0) is 18.1. The first kappa shape index (κ1) is 20.7. The number of ether oxygens (including phenoxy) is 1. The number of hydrogen-bond donors (Lipinski definition) is 1. The number of nitrogens with one attached hydrogen (secondary N) is 1. The van der Waals surface area contributed by atoms with Crippen LogP contribution in [0.25, 0.3) is 0 Å². The number of benzene rings is 1. The van der Waals surface area contributed by atoms with Crippen molar-refractivity contribution in [3.8, 4) is 0 Å². The van der Waals surface area contributed by atoms with Crippen LogP contribution in [-0.4, -0.2) is 42.4 Å². The Bertz CT molecular complexity index is 536. The Morgan fingerprint density at radius 2 is 1.96 bits per heavy atom. The van der Waals surface area contributed by atoms with Gasteiger partial charge in [-0.15, -0.1) is 23.5 Å². The van der Waals surface area contributed by atoms with Crippen LogP contribution in [0.5, 0.6) is 0 Å². The van der Waals surface area contributed by atoms with Crippen LogP contribution >= 0.6 is 23.5 Å². The number of carbonyl (C=O) groups excluding carboxylic acids is 1. The molecule has 2 atom stereocenters. The summed E-state index contributed by atoms with van der Waals surface area (Å²) in [6, 6.07) is 8.79. The minimum Gasteiger partial charge on any atom is -0.383 e. The monoisotopic (exact) mass is 381 g/mol. The van der Waals surface area contributed by atoms with E-state index in [4.69, 9.17) is 4.74 Å². The molecule has 140 valence electrons. The van der Waals surface area contributed by atoms with Crippen molar-refractivity contribution in [2.45, 2.75) is 60.8 Å². The fraction of sp³-hybridized carbons (Fsp3) is 0.650. The van der Waals surface area contributed by atoms with E-state index in [1.54, 1.807) is 7.11 Å². The van der Waals surface area contributed by atoms with Crippen molar-refractivity contribution < 1.29 is 9.53 Å². The number of methoxy groups -OCH3 is 1. The highest BCUT2D eigenvalue weighted by Crippen LogP contribution is 2.41. The molecule has 1 N–H and O–H groups in total. The van der Waals surface area contributed by atoms with Crippen molar-refractivity contribution in [1.29, 1.82) is 0 Å². The molecular formula is C20H31NO2S2. The van der Waals surface area contributed by atoms with Gasteiger partial charge >= 0.3 is 0 Å². The zero-order valence-electron chi connectivity index (χ0n) is 15.6. The van der Waals surface area contributed by atoms with E-state index in [-0.39, 0.29) is 5.91 Å². The number of hydrogen-bond acceptors (Lipinski definition) is 4. The maximum atomic E-state index is 12.0. The van der Waals surface area contributed by atoms with Crippen LogP contribution in [0.2, 0.25) is 0 Å². The number of amides is 1. The van der Waals surface area contributed by atoms with Crippen molar-refractivity contribution in [3.63, 3.8) is 0 Å². The fourth-order valence-electron chi connectivity index (χ4n) is 3.14. The van der Waals surface area contributed by atoms with Crippen LogP contribution < -0.4 is 5.32 Å². The first-order valence-electron chi connectivity index (χ1n) is 9.24. The molecule has 2 rings (SSSR count). The lowest BCUT2D eigenvalue weighted by Crippen LogP contribution is -2.31. The van der Waals surface area contributed by atoms with Crippen molar-refractivity contribution in [2.24, 2.45) is 0 Å². The van der Waals surface area contributed by atoms with Crippen molar-refractivity contribution in [1.82, 2.24) is 5.32 Å². The number of rotatable bonds is 9. The Labute approximate surface area is 161 Å². The SMILES string of the molecule is COCCNC(=O)CS[C@@H]1CCCC[C@H]1Sc1ccccc1C(C)C. The zero-order valence-corrected chi connectivity index (χ0v) is 17.3. The van der Waals surface area contributed by atoms with Gasteiger partial charge in [0.25, 0.3) is 0 Å². The topological polar surface area (TPSA) is 38.3 Å². The van der Waals surface area contributed by atoms with E-state index in [0.29, 0.717) is 35.3 Å². The van der Waals surface area contributed by atoms with Crippen LogP contribution in [0.1, 0.15) is 51.0 Å². The third-order valence-electron chi connectivity index (χ3n) is 4.52. The lowest BCUT2D eigenvalue weighted by molar-refractivity contribution is -0.118. The van der Waals surface area contributed by atoms with Gasteiger partial charge in [0, 0.05) is 29.0 Å². The van der Waals surface area contributed by atoms with Crippen LogP contribution in [0, 0.1) is 0 Å². The molecule has 0 aliphatic heterocycles. The lowest BCUT2D eigenvalue weighted by Gasteiger charge is -2.31. The molecule has 1 aliphatic rings. The molecule has 3 nitrogen and oxygen atoms in total. The summed E-state index contributed by atoms with van der Waals surface area (Å²) in [7, 11) is 1.65.